The van der Waals surface area contributed by atoms with Crippen LogP contribution in [0.4, 0.5) is 0 Å². The number of hydrogen-bond donors (Lipinski definition) is 1. The molecule has 30 heavy (non-hydrogen) atoms. The first kappa shape index (κ1) is 20.4. The lowest BCUT2D eigenvalue weighted by atomic mass is 9.59. The molecular formula is C26H37NO3. The lowest BCUT2D eigenvalue weighted by Gasteiger charge is -2.46. The van der Waals surface area contributed by atoms with Crippen molar-refractivity contribution in [1.82, 2.24) is 5.32 Å². The maximum absolute atomic E-state index is 12.8. The van der Waals surface area contributed by atoms with Gasteiger partial charge in [0.15, 0.2) is 0 Å². The van der Waals surface area contributed by atoms with Crippen molar-refractivity contribution in [2.24, 2.45) is 29.1 Å². The van der Waals surface area contributed by atoms with E-state index in [1.54, 1.807) is 11.8 Å². The standard InChI is InChI=1S/C26H37NO3/c1-17-7-5-11-26(2)15-24-20(14-22(17)26)21(25(28)30-24)16-27-23-10-4-3-8-18(23)13-19-9-6-12-29-19/h6,9,12,14,17-18,20-21,23-24,27H,3-5,7-8,10-11,13,15-16H2,1-2H3. The molecule has 164 valence electrons. The molecule has 1 aliphatic heterocycles. The summed E-state index contributed by atoms with van der Waals surface area (Å²) in [6.07, 6.45) is 15.1. The lowest BCUT2D eigenvalue weighted by Crippen LogP contribution is -2.44. The van der Waals surface area contributed by atoms with Gasteiger partial charge in [0.05, 0.1) is 12.2 Å². The van der Waals surface area contributed by atoms with Crippen LogP contribution in [0.25, 0.3) is 0 Å². The third-order valence-electron chi connectivity index (χ3n) is 8.63. The van der Waals surface area contributed by atoms with Crippen LogP contribution in [-0.2, 0) is 16.0 Å². The summed E-state index contributed by atoms with van der Waals surface area (Å²) in [5, 5.41) is 3.81. The summed E-state index contributed by atoms with van der Waals surface area (Å²) in [5.41, 5.74) is 1.84. The van der Waals surface area contributed by atoms with Gasteiger partial charge in [0.2, 0.25) is 0 Å². The summed E-state index contributed by atoms with van der Waals surface area (Å²) in [6, 6.07) is 4.53. The summed E-state index contributed by atoms with van der Waals surface area (Å²) in [5.74, 6) is 2.54. The minimum Gasteiger partial charge on any atom is -0.469 e. The highest BCUT2D eigenvalue weighted by Gasteiger charge is 2.51. The second-order valence-electron chi connectivity index (χ2n) is 10.7. The first-order valence-electron chi connectivity index (χ1n) is 12.2. The van der Waals surface area contributed by atoms with Crippen molar-refractivity contribution < 1.29 is 13.9 Å². The monoisotopic (exact) mass is 411 g/mol. The Morgan fingerprint density at radius 1 is 1.20 bits per heavy atom. The van der Waals surface area contributed by atoms with Crippen molar-refractivity contribution in [3.63, 3.8) is 0 Å². The van der Waals surface area contributed by atoms with Crippen molar-refractivity contribution in [3.05, 3.63) is 35.8 Å². The molecule has 3 fully saturated rings. The first-order valence-corrected chi connectivity index (χ1v) is 12.2. The molecule has 3 aliphatic carbocycles. The Labute approximate surface area is 180 Å². The maximum atomic E-state index is 12.8. The van der Waals surface area contributed by atoms with Gasteiger partial charge in [-0.3, -0.25) is 4.79 Å². The van der Waals surface area contributed by atoms with E-state index in [9.17, 15) is 4.79 Å². The van der Waals surface area contributed by atoms with Gasteiger partial charge in [-0.1, -0.05) is 44.8 Å². The molecule has 4 heteroatoms. The molecule has 1 aromatic rings. The number of ether oxygens (including phenoxy) is 1. The van der Waals surface area contributed by atoms with Crippen LogP contribution in [-0.4, -0.2) is 24.7 Å². The van der Waals surface area contributed by atoms with E-state index in [4.69, 9.17) is 9.15 Å². The smallest absolute Gasteiger partial charge is 0.311 e. The highest BCUT2D eigenvalue weighted by Crippen LogP contribution is 2.53. The summed E-state index contributed by atoms with van der Waals surface area (Å²) >= 11 is 0. The number of rotatable bonds is 5. The molecule has 0 bridgehead atoms. The molecule has 4 aliphatic rings. The molecule has 7 unspecified atom stereocenters. The van der Waals surface area contributed by atoms with Gasteiger partial charge in [-0.2, -0.15) is 0 Å². The lowest BCUT2D eigenvalue weighted by molar-refractivity contribution is -0.145. The second-order valence-corrected chi connectivity index (χ2v) is 10.7. The molecule has 0 radical (unpaired) electrons. The fourth-order valence-electron chi connectivity index (χ4n) is 6.97. The molecule has 2 saturated carbocycles. The molecule has 0 amide bonds. The minimum absolute atomic E-state index is 0.0163. The van der Waals surface area contributed by atoms with Crippen molar-refractivity contribution in [3.8, 4) is 0 Å². The summed E-state index contributed by atoms with van der Waals surface area (Å²) in [7, 11) is 0. The Bertz CT molecular complexity index is 784. The van der Waals surface area contributed by atoms with Crippen molar-refractivity contribution in [1.29, 1.82) is 0 Å². The topological polar surface area (TPSA) is 51.5 Å². The van der Waals surface area contributed by atoms with E-state index in [-0.39, 0.29) is 29.3 Å². The van der Waals surface area contributed by atoms with Gasteiger partial charge in [-0.05, 0) is 61.5 Å². The Morgan fingerprint density at radius 3 is 2.90 bits per heavy atom. The summed E-state index contributed by atoms with van der Waals surface area (Å²) in [4.78, 5) is 12.8. The van der Waals surface area contributed by atoms with Gasteiger partial charge >= 0.3 is 5.97 Å². The van der Waals surface area contributed by atoms with E-state index in [1.807, 2.05) is 6.07 Å². The van der Waals surface area contributed by atoms with Crippen LogP contribution in [0.2, 0.25) is 0 Å². The van der Waals surface area contributed by atoms with Crippen LogP contribution in [0, 0.1) is 29.1 Å². The largest absolute Gasteiger partial charge is 0.469 e. The molecule has 2 heterocycles. The molecule has 0 aromatic carbocycles. The molecule has 5 rings (SSSR count). The van der Waals surface area contributed by atoms with Crippen LogP contribution in [0.5, 0.6) is 0 Å². The molecule has 1 N–H and O–H groups in total. The van der Waals surface area contributed by atoms with Gasteiger partial charge in [0, 0.05) is 24.9 Å². The van der Waals surface area contributed by atoms with Gasteiger partial charge in [-0.15, -0.1) is 0 Å². The third kappa shape index (κ3) is 3.77. The van der Waals surface area contributed by atoms with Crippen LogP contribution in [0.15, 0.2) is 34.5 Å². The fourth-order valence-corrected chi connectivity index (χ4v) is 6.97. The number of fused-ring (bicyclic) bond motifs is 2. The molecule has 1 saturated heterocycles. The van der Waals surface area contributed by atoms with E-state index in [0.29, 0.717) is 17.9 Å². The van der Waals surface area contributed by atoms with Crippen LogP contribution in [0.1, 0.15) is 71.0 Å². The van der Waals surface area contributed by atoms with Crippen LogP contribution in [0.3, 0.4) is 0 Å². The maximum Gasteiger partial charge on any atom is 0.311 e. The quantitative estimate of drug-likeness (QED) is 0.529. The van der Waals surface area contributed by atoms with Crippen molar-refractivity contribution in [2.75, 3.05) is 6.54 Å². The number of nitrogens with one attached hydrogen (secondary N) is 1. The average Bonchev–Trinajstić information content (AvgIpc) is 3.33. The Morgan fingerprint density at radius 2 is 2.07 bits per heavy atom. The Kier molecular flexibility index (Phi) is 5.55. The van der Waals surface area contributed by atoms with Crippen molar-refractivity contribution in [2.45, 2.75) is 83.8 Å². The fraction of sp³-hybridized carbons (Fsp3) is 0.731. The molecular weight excluding hydrogens is 374 g/mol. The second kappa shape index (κ2) is 8.18. The summed E-state index contributed by atoms with van der Waals surface area (Å²) in [6.45, 7) is 5.51. The van der Waals surface area contributed by atoms with Gasteiger partial charge in [-0.25, -0.2) is 0 Å². The van der Waals surface area contributed by atoms with Crippen LogP contribution < -0.4 is 5.32 Å². The van der Waals surface area contributed by atoms with E-state index in [2.05, 4.69) is 31.3 Å². The number of esters is 1. The zero-order valence-corrected chi connectivity index (χ0v) is 18.6. The van der Waals surface area contributed by atoms with Gasteiger partial charge in [0.1, 0.15) is 11.9 Å². The van der Waals surface area contributed by atoms with E-state index in [0.717, 1.165) is 25.1 Å². The average molecular weight is 412 g/mol. The Balaban J connectivity index is 1.28. The highest BCUT2D eigenvalue weighted by atomic mass is 16.6. The number of carbonyl (C=O) groups is 1. The molecule has 0 spiro atoms. The van der Waals surface area contributed by atoms with Crippen molar-refractivity contribution >= 4 is 5.97 Å². The minimum atomic E-state index is -0.0348. The molecule has 1 aromatic heterocycles. The van der Waals surface area contributed by atoms with Crippen LogP contribution >= 0.6 is 0 Å². The predicted octanol–water partition coefficient (Wildman–Crippen LogP) is 5.28. The Hall–Kier alpha value is -1.55. The zero-order chi connectivity index (χ0) is 20.7. The molecule has 4 nitrogen and oxygen atoms in total. The SMILES string of the molecule is CC1CCCC2(C)CC3OC(=O)C(CNC4CCCCC4Cc4ccco4)C3C=C12. The van der Waals surface area contributed by atoms with E-state index in [1.165, 1.54) is 44.9 Å². The zero-order valence-electron chi connectivity index (χ0n) is 18.6. The third-order valence-corrected chi connectivity index (χ3v) is 8.63. The highest BCUT2D eigenvalue weighted by molar-refractivity contribution is 5.76. The van der Waals surface area contributed by atoms with Gasteiger partial charge < -0.3 is 14.5 Å². The summed E-state index contributed by atoms with van der Waals surface area (Å²) < 4.78 is 11.6. The molecule has 7 atom stereocenters. The number of hydrogen-bond acceptors (Lipinski definition) is 4. The predicted molar refractivity (Wildman–Crippen MR) is 117 cm³/mol. The van der Waals surface area contributed by atoms with E-state index >= 15 is 0 Å². The van der Waals surface area contributed by atoms with E-state index < -0.39 is 0 Å². The normalized spacial score (nSPS) is 41.0. The van der Waals surface area contributed by atoms with Gasteiger partial charge in [0.25, 0.3) is 0 Å². The number of allylic oxidation sites excluding steroid dienone is 1. The number of furan rings is 1. The number of carbonyl (C=O) groups excluding carboxylic acids is 1. The first-order chi connectivity index (χ1) is 14.5.